The number of aldehydes is 1. The minimum Gasteiger partial charge on any atom is -0.306 e. The molecule has 0 atom stereocenters. The molecule has 0 unspecified atom stereocenters. The highest BCUT2D eigenvalue weighted by Crippen LogP contribution is 2.22. The maximum atomic E-state index is 9.82. The molecular formula is C26H42N6O. The molecule has 0 aromatic carbocycles. The quantitative estimate of drug-likeness (QED) is 0.364. The fraction of sp³-hybridized carbons (Fsp3) is 0.654. The number of allylic oxidation sites excluding steroid dienone is 1. The Morgan fingerprint density at radius 2 is 1.94 bits per heavy atom. The van der Waals surface area contributed by atoms with Crippen molar-refractivity contribution in [2.75, 3.05) is 33.7 Å². The van der Waals surface area contributed by atoms with Gasteiger partial charge in [0.25, 0.3) is 0 Å². The second kappa shape index (κ2) is 12.7. The number of carbonyl (C=O) groups excluding carboxylic acids is 1. The summed E-state index contributed by atoms with van der Waals surface area (Å²) in [6.07, 6.45) is 12.3. The van der Waals surface area contributed by atoms with E-state index < -0.39 is 0 Å². The van der Waals surface area contributed by atoms with Gasteiger partial charge in [0, 0.05) is 44.4 Å². The van der Waals surface area contributed by atoms with Crippen molar-refractivity contribution in [1.29, 1.82) is 0 Å². The van der Waals surface area contributed by atoms with Gasteiger partial charge < -0.3 is 9.69 Å². The minimum atomic E-state index is 0.182. The maximum absolute atomic E-state index is 9.82. The molecule has 0 spiro atoms. The van der Waals surface area contributed by atoms with E-state index in [-0.39, 0.29) is 5.41 Å². The number of aliphatic imine (C=N–C) groups is 3. The molecule has 3 heterocycles. The molecular weight excluding hydrogens is 412 g/mol. The van der Waals surface area contributed by atoms with Crippen molar-refractivity contribution in [3.8, 4) is 0 Å². The molecule has 0 bridgehead atoms. The summed E-state index contributed by atoms with van der Waals surface area (Å²) in [5.74, 6) is 1.77. The normalized spacial score (nSPS) is 18.5. The minimum absolute atomic E-state index is 0.182. The molecule has 0 amide bonds. The van der Waals surface area contributed by atoms with Crippen molar-refractivity contribution in [2.24, 2.45) is 33.4 Å². The zero-order valence-electron chi connectivity index (χ0n) is 21.6. The number of rotatable bonds is 6. The van der Waals surface area contributed by atoms with Crippen LogP contribution in [0.1, 0.15) is 65.4 Å². The zero-order chi connectivity index (χ0) is 24.4. The number of likely N-dealkylation sites (tertiary alicyclic amines) is 1. The third-order valence-electron chi connectivity index (χ3n) is 6.06. The van der Waals surface area contributed by atoms with Crippen molar-refractivity contribution in [3.63, 3.8) is 0 Å². The summed E-state index contributed by atoms with van der Waals surface area (Å²) in [7, 11) is 5.98. The largest absolute Gasteiger partial charge is 0.306 e. The second-order valence-electron chi connectivity index (χ2n) is 10.3. The van der Waals surface area contributed by atoms with Crippen LogP contribution in [0.15, 0.2) is 39.0 Å². The standard InChI is InChI=1S/C20H30N6.C6H12O/c1-15(17-11-19(22-12-17)18-13-23-26(4)14-18)24-20(21-2)6-5-16-7-9-25(3)10-8-16;1-6(2,3)4-5-7/h11,13-14,16H,5-10,12H2,1-4H3;5H,4H2,1-3H3. The van der Waals surface area contributed by atoms with Gasteiger partial charge >= 0.3 is 0 Å². The Kier molecular flexibility index (Phi) is 10.4. The number of hydrogen-bond acceptors (Lipinski definition) is 5. The molecule has 33 heavy (non-hydrogen) atoms. The molecule has 0 saturated carbocycles. The number of aryl methyl sites for hydroxylation is 1. The van der Waals surface area contributed by atoms with Crippen LogP contribution in [0.3, 0.4) is 0 Å². The average Bonchev–Trinajstić information content (AvgIpc) is 3.41. The van der Waals surface area contributed by atoms with E-state index in [0.717, 1.165) is 41.4 Å². The first-order valence-corrected chi connectivity index (χ1v) is 12.0. The lowest BCUT2D eigenvalue weighted by Crippen LogP contribution is -2.30. The molecule has 1 fully saturated rings. The predicted molar refractivity (Wildman–Crippen MR) is 139 cm³/mol. The van der Waals surface area contributed by atoms with E-state index in [4.69, 9.17) is 4.99 Å². The summed E-state index contributed by atoms with van der Waals surface area (Å²) in [5.41, 5.74) is 4.42. The Bertz CT molecular complexity index is 892. The fourth-order valence-corrected chi connectivity index (χ4v) is 3.79. The lowest BCUT2D eigenvalue weighted by Gasteiger charge is -2.28. The first-order valence-electron chi connectivity index (χ1n) is 12.0. The summed E-state index contributed by atoms with van der Waals surface area (Å²) in [6, 6.07) is 0. The topological polar surface area (TPSA) is 75.2 Å². The van der Waals surface area contributed by atoms with Crippen LogP contribution in [0.4, 0.5) is 0 Å². The summed E-state index contributed by atoms with van der Waals surface area (Å²) < 4.78 is 1.80. The molecule has 0 N–H and O–H groups in total. The van der Waals surface area contributed by atoms with Gasteiger partial charge in [0.1, 0.15) is 12.1 Å². The van der Waals surface area contributed by atoms with Crippen LogP contribution in [-0.4, -0.2) is 72.0 Å². The van der Waals surface area contributed by atoms with E-state index in [1.165, 1.54) is 37.9 Å². The van der Waals surface area contributed by atoms with E-state index in [2.05, 4.69) is 40.0 Å². The lowest BCUT2D eigenvalue weighted by atomic mass is 9.92. The number of amidine groups is 1. The Hall–Kier alpha value is -2.41. The van der Waals surface area contributed by atoms with Crippen LogP contribution in [0, 0.1) is 11.3 Å². The molecule has 7 heteroatoms. The summed E-state index contributed by atoms with van der Waals surface area (Å²) in [6.45, 7) is 11.3. The molecule has 1 aromatic rings. The van der Waals surface area contributed by atoms with Gasteiger partial charge in [-0.2, -0.15) is 5.10 Å². The van der Waals surface area contributed by atoms with Crippen molar-refractivity contribution in [3.05, 3.63) is 29.6 Å². The van der Waals surface area contributed by atoms with Crippen LogP contribution in [0.25, 0.3) is 0 Å². The molecule has 2 aliphatic rings. The van der Waals surface area contributed by atoms with Crippen LogP contribution in [0.5, 0.6) is 0 Å². The van der Waals surface area contributed by atoms with Crippen LogP contribution < -0.4 is 0 Å². The van der Waals surface area contributed by atoms with E-state index >= 15 is 0 Å². The van der Waals surface area contributed by atoms with E-state index in [0.29, 0.717) is 13.0 Å². The third kappa shape index (κ3) is 9.54. The Morgan fingerprint density at radius 3 is 2.45 bits per heavy atom. The molecule has 1 aromatic heterocycles. The van der Waals surface area contributed by atoms with Crippen molar-refractivity contribution >= 4 is 23.5 Å². The van der Waals surface area contributed by atoms with Gasteiger partial charge in [-0.05, 0) is 69.3 Å². The van der Waals surface area contributed by atoms with Gasteiger partial charge in [-0.3, -0.25) is 14.7 Å². The molecule has 0 aliphatic carbocycles. The maximum Gasteiger partial charge on any atom is 0.123 e. The Balaban J connectivity index is 0.000000479. The van der Waals surface area contributed by atoms with Gasteiger partial charge in [0.05, 0.1) is 18.5 Å². The average molecular weight is 455 g/mol. The number of nitrogens with zero attached hydrogens (tertiary/aromatic N) is 6. The van der Waals surface area contributed by atoms with Crippen molar-refractivity contribution in [1.82, 2.24) is 14.7 Å². The fourth-order valence-electron chi connectivity index (χ4n) is 3.79. The van der Waals surface area contributed by atoms with Crippen molar-refractivity contribution in [2.45, 2.75) is 59.8 Å². The second-order valence-corrected chi connectivity index (χ2v) is 10.3. The molecule has 3 rings (SSSR count). The van der Waals surface area contributed by atoms with Gasteiger partial charge in [-0.1, -0.05) is 20.8 Å². The highest BCUT2D eigenvalue weighted by Gasteiger charge is 2.18. The van der Waals surface area contributed by atoms with Gasteiger partial charge in [0.15, 0.2) is 0 Å². The molecule has 182 valence electrons. The Morgan fingerprint density at radius 1 is 1.24 bits per heavy atom. The number of hydrogen-bond donors (Lipinski definition) is 0. The van der Waals surface area contributed by atoms with Crippen LogP contribution in [0.2, 0.25) is 0 Å². The monoisotopic (exact) mass is 454 g/mol. The SMILES string of the molecule is CC(C)(C)CC=O.CN=C(CCC1CCN(C)CC1)N=C(C)C1=CC(c2cnn(C)c2)=NC1. The molecule has 2 aliphatic heterocycles. The highest BCUT2D eigenvalue weighted by atomic mass is 16.1. The number of piperidine rings is 1. The Labute approximate surface area is 199 Å². The molecule has 1 saturated heterocycles. The highest BCUT2D eigenvalue weighted by molar-refractivity contribution is 6.17. The van der Waals surface area contributed by atoms with E-state index in [1.807, 2.05) is 47.3 Å². The first-order chi connectivity index (χ1) is 15.6. The number of aromatic nitrogens is 2. The van der Waals surface area contributed by atoms with Crippen LogP contribution in [-0.2, 0) is 11.8 Å². The third-order valence-corrected chi connectivity index (χ3v) is 6.06. The predicted octanol–water partition coefficient (Wildman–Crippen LogP) is 4.38. The van der Waals surface area contributed by atoms with E-state index in [9.17, 15) is 4.79 Å². The van der Waals surface area contributed by atoms with Crippen molar-refractivity contribution < 1.29 is 4.79 Å². The number of carbonyl (C=O) groups is 1. The van der Waals surface area contributed by atoms with Gasteiger partial charge in [0.2, 0.25) is 0 Å². The van der Waals surface area contributed by atoms with Gasteiger partial charge in [-0.25, -0.2) is 4.99 Å². The first kappa shape index (κ1) is 26.8. The smallest absolute Gasteiger partial charge is 0.123 e. The zero-order valence-corrected chi connectivity index (χ0v) is 21.6. The van der Waals surface area contributed by atoms with Crippen LogP contribution >= 0.6 is 0 Å². The summed E-state index contributed by atoms with van der Waals surface area (Å²) >= 11 is 0. The van der Waals surface area contributed by atoms with E-state index in [1.54, 1.807) is 4.68 Å². The molecule has 0 radical (unpaired) electrons. The summed E-state index contributed by atoms with van der Waals surface area (Å²) in [5, 5.41) is 4.22. The van der Waals surface area contributed by atoms with Gasteiger partial charge in [-0.15, -0.1) is 0 Å². The molecule has 7 nitrogen and oxygen atoms in total. The lowest BCUT2D eigenvalue weighted by molar-refractivity contribution is -0.109. The summed E-state index contributed by atoms with van der Waals surface area (Å²) in [4.78, 5) is 26.1.